The molecule has 0 amide bonds. The Morgan fingerprint density at radius 2 is 1.92 bits per heavy atom. The average Bonchev–Trinajstić information content (AvgIpc) is 3.15. The van der Waals surface area contributed by atoms with Gasteiger partial charge >= 0.3 is 0 Å². The Balaban J connectivity index is 1.81. The number of aryl methyl sites for hydroxylation is 1. The normalized spacial score (nSPS) is 10.4. The van der Waals surface area contributed by atoms with Crippen LogP contribution < -0.4 is 5.32 Å². The maximum Gasteiger partial charge on any atom is 0.171 e. The molecule has 3 rings (SSSR count). The monoisotopic (exact) mass is 332 g/mol. The number of nitrogens with zero attached hydrogens (tertiary/aromatic N) is 5. The number of anilines is 2. The predicted molar refractivity (Wildman–Crippen MR) is 96.6 cm³/mol. The fraction of sp³-hybridized carbons (Fsp3) is 0.263. The molecule has 0 aliphatic rings. The third kappa shape index (κ3) is 3.66. The quantitative estimate of drug-likeness (QED) is 0.748. The molecule has 0 aliphatic carbocycles. The number of hydrogen-bond acceptors (Lipinski definition) is 5. The Kier molecular flexibility index (Phi) is 5.05. The largest absolute Gasteiger partial charge is 0.338 e. The van der Waals surface area contributed by atoms with Gasteiger partial charge in [0.25, 0.3) is 0 Å². The molecule has 2 aromatic heterocycles. The van der Waals surface area contributed by atoms with Crippen molar-refractivity contribution in [2.75, 3.05) is 5.32 Å². The molecule has 0 bridgehead atoms. The van der Waals surface area contributed by atoms with E-state index in [1.54, 1.807) is 12.5 Å². The lowest BCUT2D eigenvalue weighted by molar-refractivity contribution is 0.797. The van der Waals surface area contributed by atoms with Crippen LogP contribution in [0.3, 0.4) is 0 Å². The van der Waals surface area contributed by atoms with E-state index in [1.807, 2.05) is 48.9 Å². The summed E-state index contributed by atoms with van der Waals surface area (Å²) in [5, 5.41) is 21.2. The Bertz CT molecular complexity index is 876. The minimum absolute atomic E-state index is 0.513. The molecule has 6 heteroatoms. The highest BCUT2D eigenvalue weighted by molar-refractivity contribution is 5.64. The highest BCUT2D eigenvalue weighted by Gasteiger charge is 2.14. The molecular formula is C19H20N6. The van der Waals surface area contributed by atoms with Crippen LogP contribution in [0.5, 0.6) is 0 Å². The van der Waals surface area contributed by atoms with Gasteiger partial charge in [0.2, 0.25) is 0 Å². The van der Waals surface area contributed by atoms with Crippen LogP contribution in [0.4, 0.5) is 11.5 Å². The molecular weight excluding hydrogens is 312 g/mol. The molecule has 0 unspecified atom stereocenters. The van der Waals surface area contributed by atoms with E-state index < -0.39 is 0 Å². The van der Waals surface area contributed by atoms with E-state index in [0.717, 1.165) is 36.3 Å². The van der Waals surface area contributed by atoms with Crippen LogP contribution in [0.25, 0.3) is 0 Å². The number of aromatic nitrogens is 4. The highest BCUT2D eigenvalue weighted by Crippen LogP contribution is 2.23. The van der Waals surface area contributed by atoms with Crippen molar-refractivity contribution in [1.29, 1.82) is 5.26 Å². The van der Waals surface area contributed by atoms with Gasteiger partial charge in [0.05, 0.1) is 12.0 Å². The molecule has 0 aliphatic heterocycles. The summed E-state index contributed by atoms with van der Waals surface area (Å²) in [5.74, 6) is 0.513. The highest BCUT2D eigenvalue weighted by atomic mass is 15.2. The fourth-order valence-electron chi connectivity index (χ4n) is 2.80. The standard InChI is InChI=1S/C19H20N6/c1-3-16-17(11-20)19(24-23-18(16)4-2)22-15-7-5-14(6-8-15)12-25-10-9-21-13-25/h5-10,13H,3-4,12H2,1-2H3,(H,22,24). The van der Waals surface area contributed by atoms with E-state index in [2.05, 4.69) is 26.6 Å². The minimum Gasteiger partial charge on any atom is -0.338 e. The third-order valence-corrected chi connectivity index (χ3v) is 4.10. The number of imidazole rings is 1. The van der Waals surface area contributed by atoms with Gasteiger partial charge in [-0.2, -0.15) is 10.4 Å². The summed E-state index contributed by atoms with van der Waals surface area (Å²) in [5.41, 5.74) is 4.49. The van der Waals surface area contributed by atoms with Crippen LogP contribution in [-0.2, 0) is 19.4 Å². The van der Waals surface area contributed by atoms with Crippen LogP contribution in [0, 0.1) is 11.3 Å². The molecule has 1 N–H and O–H groups in total. The summed E-state index contributed by atoms with van der Waals surface area (Å²) < 4.78 is 2.01. The van der Waals surface area contributed by atoms with E-state index in [1.165, 1.54) is 5.56 Å². The number of benzene rings is 1. The zero-order valence-corrected chi connectivity index (χ0v) is 14.4. The van der Waals surface area contributed by atoms with Crippen molar-refractivity contribution in [2.45, 2.75) is 33.2 Å². The SMILES string of the molecule is CCc1nnc(Nc2ccc(Cn3ccnc3)cc2)c(C#N)c1CC. The molecule has 0 spiro atoms. The number of nitrogens with one attached hydrogen (secondary N) is 1. The molecule has 0 saturated heterocycles. The first-order valence-corrected chi connectivity index (χ1v) is 8.35. The molecule has 0 saturated carbocycles. The van der Waals surface area contributed by atoms with E-state index in [4.69, 9.17) is 0 Å². The van der Waals surface area contributed by atoms with Gasteiger partial charge in [-0.05, 0) is 36.1 Å². The van der Waals surface area contributed by atoms with Gasteiger partial charge in [0.1, 0.15) is 11.6 Å². The molecule has 6 nitrogen and oxygen atoms in total. The van der Waals surface area contributed by atoms with E-state index >= 15 is 0 Å². The first kappa shape index (κ1) is 16.7. The van der Waals surface area contributed by atoms with E-state index in [9.17, 15) is 5.26 Å². The molecule has 2 heterocycles. The molecule has 3 aromatic rings. The van der Waals surface area contributed by atoms with E-state index in [-0.39, 0.29) is 0 Å². The number of nitriles is 1. The Labute approximate surface area is 147 Å². The molecule has 1 aromatic carbocycles. The van der Waals surface area contributed by atoms with Gasteiger partial charge in [-0.1, -0.05) is 26.0 Å². The maximum absolute atomic E-state index is 9.55. The first-order valence-electron chi connectivity index (χ1n) is 8.35. The Morgan fingerprint density at radius 1 is 1.12 bits per heavy atom. The predicted octanol–water partition coefficient (Wildman–Crippen LogP) is 3.46. The summed E-state index contributed by atoms with van der Waals surface area (Å²) >= 11 is 0. The van der Waals surface area contributed by atoms with Crippen molar-refractivity contribution in [1.82, 2.24) is 19.7 Å². The lowest BCUT2D eigenvalue weighted by atomic mass is 10.0. The second kappa shape index (κ2) is 7.58. The van der Waals surface area contributed by atoms with Gasteiger partial charge in [0.15, 0.2) is 5.82 Å². The van der Waals surface area contributed by atoms with Crippen molar-refractivity contribution in [3.05, 3.63) is 65.4 Å². The van der Waals surface area contributed by atoms with Crippen LogP contribution in [0.1, 0.15) is 36.2 Å². The topological polar surface area (TPSA) is 79.4 Å². The first-order chi connectivity index (χ1) is 12.2. The Hall–Kier alpha value is -3.20. The molecule has 126 valence electrons. The number of rotatable bonds is 6. The van der Waals surface area contributed by atoms with Crippen molar-refractivity contribution in [3.8, 4) is 6.07 Å². The molecule has 0 atom stereocenters. The van der Waals surface area contributed by atoms with Gasteiger partial charge < -0.3 is 9.88 Å². The third-order valence-electron chi connectivity index (χ3n) is 4.10. The minimum atomic E-state index is 0.513. The average molecular weight is 332 g/mol. The van der Waals surface area contributed by atoms with Gasteiger partial charge in [-0.15, -0.1) is 5.10 Å². The summed E-state index contributed by atoms with van der Waals surface area (Å²) in [7, 11) is 0. The van der Waals surface area contributed by atoms with Crippen molar-refractivity contribution >= 4 is 11.5 Å². The van der Waals surface area contributed by atoms with E-state index in [0.29, 0.717) is 11.4 Å². The lowest BCUT2D eigenvalue weighted by Crippen LogP contribution is -2.07. The lowest BCUT2D eigenvalue weighted by Gasteiger charge is -2.12. The van der Waals surface area contributed by atoms with Crippen LogP contribution >= 0.6 is 0 Å². The van der Waals surface area contributed by atoms with Crippen LogP contribution in [0.15, 0.2) is 43.0 Å². The number of hydrogen-bond donors (Lipinski definition) is 1. The fourth-order valence-corrected chi connectivity index (χ4v) is 2.80. The second-order valence-electron chi connectivity index (χ2n) is 5.72. The maximum atomic E-state index is 9.55. The molecule has 0 radical (unpaired) electrons. The van der Waals surface area contributed by atoms with Crippen LogP contribution in [-0.4, -0.2) is 19.7 Å². The van der Waals surface area contributed by atoms with Gasteiger partial charge in [-0.25, -0.2) is 4.98 Å². The molecule has 0 fully saturated rings. The van der Waals surface area contributed by atoms with Crippen molar-refractivity contribution in [3.63, 3.8) is 0 Å². The summed E-state index contributed by atoms with van der Waals surface area (Å²) in [6.07, 6.45) is 7.03. The van der Waals surface area contributed by atoms with Gasteiger partial charge in [-0.3, -0.25) is 0 Å². The summed E-state index contributed by atoms with van der Waals surface area (Å²) in [6, 6.07) is 10.3. The molecule has 25 heavy (non-hydrogen) atoms. The summed E-state index contributed by atoms with van der Waals surface area (Å²) in [4.78, 5) is 4.05. The van der Waals surface area contributed by atoms with Crippen molar-refractivity contribution < 1.29 is 0 Å². The van der Waals surface area contributed by atoms with Crippen molar-refractivity contribution in [2.24, 2.45) is 0 Å². The second-order valence-corrected chi connectivity index (χ2v) is 5.72. The zero-order valence-electron chi connectivity index (χ0n) is 14.4. The zero-order chi connectivity index (χ0) is 17.6. The Morgan fingerprint density at radius 3 is 2.52 bits per heavy atom. The smallest absolute Gasteiger partial charge is 0.171 e. The van der Waals surface area contributed by atoms with Gasteiger partial charge in [0, 0.05) is 24.6 Å². The summed E-state index contributed by atoms with van der Waals surface area (Å²) in [6.45, 7) is 4.83. The van der Waals surface area contributed by atoms with Crippen LogP contribution in [0.2, 0.25) is 0 Å².